The van der Waals surface area contributed by atoms with Crippen molar-refractivity contribution in [3.05, 3.63) is 22.3 Å². The van der Waals surface area contributed by atoms with Gasteiger partial charge in [0.05, 0.1) is 12.6 Å². The van der Waals surface area contributed by atoms with E-state index in [0.29, 0.717) is 5.82 Å². The maximum absolute atomic E-state index is 8.80. The first-order chi connectivity index (χ1) is 5.65. The topological polar surface area (TPSA) is 85.2 Å². The van der Waals surface area contributed by atoms with Crippen LogP contribution in [0.5, 0.6) is 0 Å². The van der Waals surface area contributed by atoms with Crippen molar-refractivity contribution in [3.8, 4) is 0 Å². The molecule has 0 unspecified atom stereocenters. The van der Waals surface area contributed by atoms with Gasteiger partial charge in [-0.25, -0.2) is 4.98 Å². The molecule has 1 rings (SSSR count). The largest absolute Gasteiger partial charge is 0.394 e. The number of aromatic nitrogens is 1. The zero-order valence-electron chi connectivity index (χ0n) is 6.37. The fourth-order valence-electron chi connectivity index (χ4n) is 0.854. The van der Waals surface area contributed by atoms with E-state index in [2.05, 4.69) is 20.9 Å². The molecule has 0 fully saturated rings. The molecule has 0 saturated heterocycles. The highest BCUT2D eigenvalue weighted by Crippen LogP contribution is 2.22. The molecule has 1 aromatic heterocycles. The van der Waals surface area contributed by atoms with Gasteiger partial charge in [0.25, 0.3) is 0 Å². The summed E-state index contributed by atoms with van der Waals surface area (Å²) >= 11 is 3.26. The molecule has 0 spiro atoms. The SMILES string of the molecule is Nc1cc([C@H](N)CO)c(Br)cn1. The summed E-state index contributed by atoms with van der Waals surface area (Å²) in [7, 11) is 0. The monoisotopic (exact) mass is 231 g/mol. The zero-order chi connectivity index (χ0) is 9.14. The average molecular weight is 232 g/mol. The Labute approximate surface area is 78.7 Å². The van der Waals surface area contributed by atoms with Crippen LogP contribution in [0.3, 0.4) is 0 Å². The fraction of sp³-hybridized carbons (Fsp3) is 0.286. The van der Waals surface area contributed by atoms with E-state index in [1.165, 1.54) is 0 Å². The summed E-state index contributed by atoms with van der Waals surface area (Å²) in [4.78, 5) is 3.85. The second-order valence-electron chi connectivity index (χ2n) is 2.42. The van der Waals surface area contributed by atoms with Gasteiger partial charge in [0.1, 0.15) is 5.82 Å². The van der Waals surface area contributed by atoms with Gasteiger partial charge in [-0.15, -0.1) is 0 Å². The number of pyridine rings is 1. The maximum Gasteiger partial charge on any atom is 0.123 e. The van der Waals surface area contributed by atoms with Crippen LogP contribution in [0.25, 0.3) is 0 Å². The average Bonchev–Trinajstić information content (AvgIpc) is 2.08. The van der Waals surface area contributed by atoms with Gasteiger partial charge >= 0.3 is 0 Å². The predicted octanol–water partition coefficient (Wildman–Crippen LogP) is 0.418. The van der Waals surface area contributed by atoms with E-state index in [0.717, 1.165) is 10.0 Å². The van der Waals surface area contributed by atoms with Gasteiger partial charge in [0.2, 0.25) is 0 Å². The van der Waals surface area contributed by atoms with E-state index in [9.17, 15) is 0 Å². The van der Waals surface area contributed by atoms with Crippen LogP contribution in [-0.2, 0) is 0 Å². The van der Waals surface area contributed by atoms with Crippen LogP contribution in [0.2, 0.25) is 0 Å². The maximum atomic E-state index is 8.80. The highest BCUT2D eigenvalue weighted by molar-refractivity contribution is 9.10. The van der Waals surface area contributed by atoms with Crippen molar-refractivity contribution in [1.29, 1.82) is 0 Å². The summed E-state index contributed by atoms with van der Waals surface area (Å²) in [6.07, 6.45) is 1.57. The number of anilines is 1. The van der Waals surface area contributed by atoms with Crippen LogP contribution in [0.15, 0.2) is 16.7 Å². The molecular formula is C7H10BrN3O. The number of rotatable bonds is 2. The molecular weight excluding hydrogens is 222 g/mol. The van der Waals surface area contributed by atoms with E-state index in [-0.39, 0.29) is 6.61 Å². The minimum Gasteiger partial charge on any atom is -0.394 e. The Kier molecular flexibility index (Phi) is 3.02. The minimum atomic E-state index is -0.412. The van der Waals surface area contributed by atoms with Crippen molar-refractivity contribution in [1.82, 2.24) is 4.98 Å². The molecule has 4 nitrogen and oxygen atoms in total. The first kappa shape index (κ1) is 9.44. The Morgan fingerprint density at radius 2 is 2.33 bits per heavy atom. The van der Waals surface area contributed by atoms with Crippen molar-refractivity contribution in [2.75, 3.05) is 12.3 Å². The van der Waals surface area contributed by atoms with E-state index in [4.69, 9.17) is 16.6 Å². The first-order valence-corrected chi connectivity index (χ1v) is 4.21. The summed E-state index contributed by atoms with van der Waals surface area (Å²) in [5, 5.41) is 8.80. The number of aliphatic hydroxyl groups excluding tert-OH is 1. The third-order valence-electron chi connectivity index (χ3n) is 1.50. The summed E-state index contributed by atoms with van der Waals surface area (Å²) in [6, 6.07) is 1.23. The van der Waals surface area contributed by atoms with Gasteiger partial charge in [-0.3, -0.25) is 0 Å². The van der Waals surface area contributed by atoms with Crippen molar-refractivity contribution in [3.63, 3.8) is 0 Å². The lowest BCUT2D eigenvalue weighted by atomic mass is 10.1. The molecule has 66 valence electrons. The Balaban J connectivity index is 3.04. The zero-order valence-corrected chi connectivity index (χ0v) is 7.95. The normalized spacial score (nSPS) is 12.9. The van der Waals surface area contributed by atoms with Gasteiger partial charge in [-0.1, -0.05) is 0 Å². The highest BCUT2D eigenvalue weighted by atomic mass is 79.9. The molecule has 1 aromatic rings. The number of halogens is 1. The van der Waals surface area contributed by atoms with E-state index in [1.807, 2.05) is 0 Å². The molecule has 12 heavy (non-hydrogen) atoms. The van der Waals surface area contributed by atoms with E-state index >= 15 is 0 Å². The molecule has 1 heterocycles. The van der Waals surface area contributed by atoms with E-state index < -0.39 is 6.04 Å². The van der Waals surface area contributed by atoms with E-state index in [1.54, 1.807) is 12.3 Å². The molecule has 0 aromatic carbocycles. The summed E-state index contributed by atoms with van der Waals surface area (Å²) in [6.45, 7) is -0.109. The fourth-order valence-corrected chi connectivity index (χ4v) is 1.36. The molecule has 0 aliphatic heterocycles. The second-order valence-corrected chi connectivity index (χ2v) is 3.27. The molecule has 5 N–H and O–H groups in total. The standard InChI is InChI=1S/C7H10BrN3O/c8-5-2-11-7(10)1-4(5)6(9)3-12/h1-2,6,12H,3,9H2,(H2,10,11)/t6-/m1/s1. The summed E-state index contributed by atoms with van der Waals surface area (Å²) in [5.74, 6) is 0.400. The van der Waals surface area contributed by atoms with Crippen LogP contribution in [0.1, 0.15) is 11.6 Å². The van der Waals surface area contributed by atoms with Crippen LogP contribution in [0.4, 0.5) is 5.82 Å². The predicted molar refractivity (Wildman–Crippen MR) is 50.4 cm³/mol. The molecule has 1 atom stereocenters. The number of hydrogen-bond donors (Lipinski definition) is 3. The van der Waals surface area contributed by atoms with Gasteiger partial charge in [-0.2, -0.15) is 0 Å². The molecule has 0 amide bonds. The van der Waals surface area contributed by atoms with Crippen molar-refractivity contribution in [2.24, 2.45) is 5.73 Å². The second kappa shape index (κ2) is 3.84. The molecule has 0 saturated carbocycles. The molecule has 0 aliphatic carbocycles. The Bertz CT molecular complexity index is 279. The molecule has 0 radical (unpaired) electrons. The third-order valence-corrected chi connectivity index (χ3v) is 2.16. The Morgan fingerprint density at radius 3 is 2.92 bits per heavy atom. The van der Waals surface area contributed by atoms with Gasteiger partial charge in [-0.05, 0) is 27.6 Å². The number of aliphatic hydroxyl groups is 1. The summed E-state index contributed by atoms with van der Waals surface area (Å²) < 4.78 is 0.762. The van der Waals surface area contributed by atoms with Crippen LogP contribution in [0, 0.1) is 0 Å². The lowest BCUT2D eigenvalue weighted by Crippen LogP contribution is -2.15. The summed E-state index contributed by atoms with van der Waals surface area (Å²) in [5.41, 5.74) is 11.8. The van der Waals surface area contributed by atoms with Crippen LogP contribution in [-0.4, -0.2) is 16.7 Å². The minimum absolute atomic E-state index is 0.109. The number of hydrogen-bond acceptors (Lipinski definition) is 4. The quantitative estimate of drug-likeness (QED) is 0.689. The molecule has 0 bridgehead atoms. The molecule has 5 heteroatoms. The van der Waals surface area contributed by atoms with Crippen LogP contribution < -0.4 is 11.5 Å². The van der Waals surface area contributed by atoms with Crippen molar-refractivity contribution in [2.45, 2.75) is 6.04 Å². The van der Waals surface area contributed by atoms with Crippen LogP contribution >= 0.6 is 15.9 Å². The Morgan fingerprint density at radius 1 is 1.67 bits per heavy atom. The lowest BCUT2D eigenvalue weighted by Gasteiger charge is -2.10. The lowest BCUT2D eigenvalue weighted by molar-refractivity contribution is 0.267. The molecule has 0 aliphatic rings. The number of nitrogen functional groups attached to an aromatic ring is 1. The first-order valence-electron chi connectivity index (χ1n) is 3.42. The van der Waals surface area contributed by atoms with Gasteiger partial charge in [0, 0.05) is 10.7 Å². The number of nitrogens with zero attached hydrogens (tertiary/aromatic N) is 1. The van der Waals surface area contributed by atoms with Gasteiger partial charge < -0.3 is 16.6 Å². The highest BCUT2D eigenvalue weighted by Gasteiger charge is 2.08. The Hall–Kier alpha value is -0.650. The number of nitrogens with two attached hydrogens (primary N) is 2. The van der Waals surface area contributed by atoms with Crippen molar-refractivity contribution < 1.29 is 5.11 Å². The van der Waals surface area contributed by atoms with Crippen molar-refractivity contribution >= 4 is 21.7 Å². The third kappa shape index (κ3) is 1.94. The van der Waals surface area contributed by atoms with Gasteiger partial charge in [0.15, 0.2) is 0 Å². The smallest absolute Gasteiger partial charge is 0.123 e.